The number of furan rings is 1. The fourth-order valence-electron chi connectivity index (χ4n) is 1.73. The Morgan fingerprint density at radius 2 is 2.13 bits per heavy atom. The molecule has 1 amide bonds. The first kappa shape index (κ1) is 22.1. The fraction of sp³-hybridized carbons (Fsp3) is 0.600. The van der Waals surface area contributed by atoms with E-state index in [1.54, 1.807) is 12.3 Å². The van der Waals surface area contributed by atoms with Crippen LogP contribution in [0.4, 0.5) is 0 Å². The SMILES string of the molecule is CCNC(=NCC(=O)NCc1ccco1)NCCCCSC.I. The summed E-state index contributed by atoms with van der Waals surface area (Å²) in [5, 5.41) is 9.14. The van der Waals surface area contributed by atoms with Crippen LogP contribution in [0.5, 0.6) is 0 Å². The van der Waals surface area contributed by atoms with Gasteiger partial charge in [-0.15, -0.1) is 24.0 Å². The maximum atomic E-state index is 11.7. The minimum Gasteiger partial charge on any atom is -0.467 e. The topological polar surface area (TPSA) is 78.7 Å². The third-order valence-corrected chi connectivity index (χ3v) is 3.53. The maximum Gasteiger partial charge on any atom is 0.242 e. The Morgan fingerprint density at radius 1 is 1.30 bits per heavy atom. The van der Waals surface area contributed by atoms with Gasteiger partial charge in [0.05, 0.1) is 12.8 Å². The summed E-state index contributed by atoms with van der Waals surface area (Å²) in [5.74, 6) is 2.46. The van der Waals surface area contributed by atoms with Gasteiger partial charge in [0.15, 0.2) is 5.96 Å². The molecule has 23 heavy (non-hydrogen) atoms. The van der Waals surface area contributed by atoms with Crippen molar-refractivity contribution in [3.8, 4) is 0 Å². The van der Waals surface area contributed by atoms with E-state index in [-0.39, 0.29) is 36.4 Å². The van der Waals surface area contributed by atoms with Crippen LogP contribution in [0, 0.1) is 0 Å². The highest BCUT2D eigenvalue weighted by Crippen LogP contribution is 1.98. The Kier molecular flexibility index (Phi) is 14.1. The fourth-order valence-corrected chi connectivity index (χ4v) is 2.22. The number of carbonyl (C=O) groups excluding carboxylic acids is 1. The predicted octanol–water partition coefficient (Wildman–Crippen LogP) is 2.21. The van der Waals surface area contributed by atoms with Gasteiger partial charge in [0, 0.05) is 13.1 Å². The van der Waals surface area contributed by atoms with Gasteiger partial charge < -0.3 is 20.4 Å². The van der Waals surface area contributed by atoms with Crippen LogP contribution >= 0.6 is 35.7 Å². The molecule has 0 bridgehead atoms. The number of amides is 1. The van der Waals surface area contributed by atoms with Gasteiger partial charge in [-0.25, -0.2) is 4.99 Å². The van der Waals surface area contributed by atoms with E-state index in [2.05, 4.69) is 27.2 Å². The van der Waals surface area contributed by atoms with Crippen molar-refractivity contribution in [1.29, 1.82) is 0 Å². The van der Waals surface area contributed by atoms with Crippen LogP contribution in [0.15, 0.2) is 27.8 Å². The van der Waals surface area contributed by atoms with Crippen molar-refractivity contribution < 1.29 is 9.21 Å². The lowest BCUT2D eigenvalue weighted by atomic mass is 10.3. The van der Waals surface area contributed by atoms with Crippen molar-refractivity contribution in [2.45, 2.75) is 26.3 Å². The molecule has 132 valence electrons. The smallest absolute Gasteiger partial charge is 0.242 e. The molecule has 0 unspecified atom stereocenters. The molecular weight excluding hydrogens is 427 g/mol. The van der Waals surface area contributed by atoms with Gasteiger partial charge in [-0.3, -0.25) is 4.79 Å². The third kappa shape index (κ3) is 11.3. The monoisotopic (exact) mass is 454 g/mol. The molecule has 1 heterocycles. The van der Waals surface area contributed by atoms with E-state index in [0.29, 0.717) is 12.5 Å². The number of hydrogen-bond acceptors (Lipinski definition) is 4. The van der Waals surface area contributed by atoms with Gasteiger partial charge in [0.1, 0.15) is 12.3 Å². The number of hydrogen-bond donors (Lipinski definition) is 3. The van der Waals surface area contributed by atoms with Crippen LogP contribution in [-0.4, -0.2) is 43.5 Å². The van der Waals surface area contributed by atoms with Gasteiger partial charge in [-0.2, -0.15) is 11.8 Å². The van der Waals surface area contributed by atoms with Crippen molar-refractivity contribution in [3.63, 3.8) is 0 Å². The van der Waals surface area contributed by atoms with E-state index in [9.17, 15) is 4.79 Å². The molecule has 3 N–H and O–H groups in total. The molecular formula is C15H27IN4O2S. The van der Waals surface area contributed by atoms with Crippen LogP contribution in [0.2, 0.25) is 0 Å². The molecule has 1 aromatic heterocycles. The second-order valence-electron chi connectivity index (χ2n) is 4.68. The number of nitrogens with zero attached hydrogens (tertiary/aromatic N) is 1. The van der Waals surface area contributed by atoms with Crippen molar-refractivity contribution in [1.82, 2.24) is 16.0 Å². The lowest BCUT2D eigenvalue weighted by molar-refractivity contribution is -0.119. The molecule has 0 fully saturated rings. The lowest BCUT2D eigenvalue weighted by Gasteiger charge is -2.11. The van der Waals surface area contributed by atoms with E-state index in [1.165, 1.54) is 12.2 Å². The van der Waals surface area contributed by atoms with Gasteiger partial charge in [0.2, 0.25) is 5.91 Å². The molecule has 0 saturated heterocycles. The standard InChI is InChI=1S/C15H26N4O2S.HI/c1-3-16-15(17-8-4-5-10-22-2)19-12-14(20)18-11-13-7-6-9-21-13;/h6-7,9H,3-5,8,10-12H2,1-2H3,(H,18,20)(H2,16,17,19);1H. The average molecular weight is 454 g/mol. The molecule has 0 saturated carbocycles. The minimum absolute atomic E-state index is 0. The first-order valence-electron chi connectivity index (χ1n) is 7.56. The highest BCUT2D eigenvalue weighted by atomic mass is 127. The minimum atomic E-state index is -0.129. The summed E-state index contributed by atoms with van der Waals surface area (Å²) in [6.45, 7) is 4.12. The van der Waals surface area contributed by atoms with Crippen LogP contribution < -0.4 is 16.0 Å². The molecule has 1 rings (SSSR count). The zero-order chi connectivity index (χ0) is 16.0. The highest BCUT2D eigenvalue weighted by Gasteiger charge is 2.03. The molecule has 0 radical (unpaired) electrons. The quantitative estimate of drug-likeness (QED) is 0.219. The van der Waals surface area contributed by atoms with Crippen LogP contribution in [0.1, 0.15) is 25.5 Å². The molecule has 0 aliphatic rings. The summed E-state index contributed by atoms with van der Waals surface area (Å²) >= 11 is 1.85. The number of thioether (sulfide) groups is 1. The summed E-state index contributed by atoms with van der Waals surface area (Å²) in [7, 11) is 0. The van der Waals surface area contributed by atoms with Crippen LogP contribution in [-0.2, 0) is 11.3 Å². The molecule has 0 aromatic carbocycles. The van der Waals surface area contributed by atoms with Crippen molar-refractivity contribution in [2.75, 3.05) is 31.6 Å². The average Bonchev–Trinajstić information content (AvgIpc) is 3.03. The van der Waals surface area contributed by atoms with E-state index in [1.807, 2.05) is 24.8 Å². The first-order chi connectivity index (χ1) is 10.8. The van der Waals surface area contributed by atoms with Gasteiger partial charge in [-0.05, 0) is 43.9 Å². The number of halogens is 1. The molecule has 0 aliphatic carbocycles. The normalized spacial score (nSPS) is 10.8. The number of unbranched alkanes of at least 4 members (excludes halogenated alkanes) is 1. The molecule has 1 aromatic rings. The molecule has 0 spiro atoms. The van der Waals surface area contributed by atoms with E-state index in [4.69, 9.17) is 4.42 Å². The Bertz CT molecular complexity index is 441. The number of carbonyl (C=O) groups is 1. The largest absolute Gasteiger partial charge is 0.467 e. The lowest BCUT2D eigenvalue weighted by Crippen LogP contribution is -2.39. The predicted molar refractivity (Wildman–Crippen MR) is 108 cm³/mol. The number of nitrogens with one attached hydrogen (secondary N) is 3. The number of rotatable bonds is 10. The molecule has 0 aliphatic heterocycles. The van der Waals surface area contributed by atoms with Crippen molar-refractivity contribution >= 4 is 47.6 Å². The van der Waals surface area contributed by atoms with Gasteiger partial charge in [0.25, 0.3) is 0 Å². The zero-order valence-corrected chi connectivity index (χ0v) is 16.9. The van der Waals surface area contributed by atoms with Gasteiger partial charge in [-0.1, -0.05) is 0 Å². The van der Waals surface area contributed by atoms with Crippen LogP contribution in [0.25, 0.3) is 0 Å². The van der Waals surface area contributed by atoms with E-state index >= 15 is 0 Å². The maximum absolute atomic E-state index is 11.7. The van der Waals surface area contributed by atoms with Crippen molar-refractivity contribution in [2.24, 2.45) is 4.99 Å². The number of aliphatic imine (C=N–C) groups is 1. The van der Waals surface area contributed by atoms with Crippen molar-refractivity contribution in [3.05, 3.63) is 24.2 Å². The summed E-state index contributed by atoms with van der Waals surface area (Å²) in [4.78, 5) is 16.0. The third-order valence-electron chi connectivity index (χ3n) is 2.83. The van der Waals surface area contributed by atoms with Crippen LogP contribution in [0.3, 0.4) is 0 Å². The van der Waals surface area contributed by atoms with Gasteiger partial charge >= 0.3 is 0 Å². The summed E-state index contributed by atoms with van der Waals surface area (Å²) in [6, 6.07) is 3.62. The Labute approximate surface area is 159 Å². The molecule has 8 heteroatoms. The molecule has 6 nitrogen and oxygen atoms in total. The second kappa shape index (κ2) is 14.7. The van der Waals surface area contributed by atoms with E-state index < -0.39 is 0 Å². The first-order valence-corrected chi connectivity index (χ1v) is 8.95. The summed E-state index contributed by atoms with van der Waals surface area (Å²) in [5.41, 5.74) is 0. The Morgan fingerprint density at radius 3 is 2.78 bits per heavy atom. The second-order valence-corrected chi connectivity index (χ2v) is 5.66. The summed E-state index contributed by atoms with van der Waals surface area (Å²) < 4.78 is 5.16. The highest BCUT2D eigenvalue weighted by molar-refractivity contribution is 14.0. The molecule has 0 atom stereocenters. The number of guanidine groups is 1. The zero-order valence-electron chi connectivity index (χ0n) is 13.8. The Balaban J connectivity index is 0.00000484. The Hall–Kier alpha value is -0.900. The van der Waals surface area contributed by atoms with E-state index in [0.717, 1.165) is 25.3 Å². The summed E-state index contributed by atoms with van der Waals surface area (Å²) in [6.07, 6.45) is 5.97.